The number of aromatic nitrogens is 2. The Labute approximate surface area is 173 Å². The molecule has 29 heavy (non-hydrogen) atoms. The maximum atomic E-state index is 13.0. The minimum Gasteiger partial charge on any atom is -0.371 e. The van der Waals surface area contributed by atoms with Crippen molar-refractivity contribution in [2.75, 3.05) is 25.0 Å². The summed E-state index contributed by atoms with van der Waals surface area (Å²) in [7, 11) is 0. The van der Waals surface area contributed by atoms with Crippen LogP contribution in [0.15, 0.2) is 30.3 Å². The predicted octanol–water partition coefficient (Wildman–Crippen LogP) is 2.74. The second-order valence-corrected chi connectivity index (χ2v) is 8.33. The molecular formula is C20H25N5O3S. The Morgan fingerprint density at radius 3 is 2.69 bits per heavy atom. The van der Waals surface area contributed by atoms with Gasteiger partial charge in [0, 0.05) is 26.1 Å². The van der Waals surface area contributed by atoms with Crippen molar-refractivity contribution in [3.63, 3.8) is 0 Å². The van der Waals surface area contributed by atoms with Crippen LogP contribution in [0.25, 0.3) is 0 Å². The monoisotopic (exact) mass is 415 g/mol. The summed E-state index contributed by atoms with van der Waals surface area (Å²) in [5.74, 6) is -0.295. The first-order valence-corrected chi connectivity index (χ1v) is 10.9. The van der Waals surface area contributed by atoms with E-state index in [4.69, 9.17) is 4.74 Å². The highest BCUT2D eigenvalue weighted by atomic mass is 32.1. The van der Waals surface area contributed by atoms with Gasteiger partial charge in [-0.2, -0.15) is 0 Å². The lowest BCUT2D eigenvalue weighted by Gasteiger charge is -2.22. The van der Waals surface area contributed by atoms with E-state index in [-0.39, 0.29) is 18.0 Å². The van der Waals surface area contributed by atoms with E-state index in [1.54, 1.807) is 4.90 Å². The molecule has 154 valence electrons. The number of hydrogen-bond acceptors (Lipinski definition) is 6. The number of ether oxygens (including phenoxy) is 1. The number of carbonyl (C=O) groups excluding carboxylic acids is 2. The zero-order valence-electron chi connectivity index (χ0n) is 16.2. The Bertz CT molecular complexity index is 832. The van der Waals surface area contributed by atoms with Crippen LogP contribution in [0.1, 0.15) is 42.4 Å². The summed E-state index contributed by atoms with van der Waals surface area (Å²) in [6.45, 7) is 2.19. The third-order valence-corrected chi connectivity index (χ3v) is 6.10. The average molecular weight is 416 g/mol. The lowest BCUT2D eigenvalue weighted by molar-refractivity contribution is -0.118. The Balaban J connectivity index is 1.43. The summed E-state index contributed by atoms with van der Waals surface area (Å²) in [4.78, 5) is 27.3. The summed E-state index contributed by atoms with van der Waals surface area (Å²) < 4.78 is 5.63. The third-order valence-electron chi connectivity index (χ3n) is 5.17. The molecule has 2 aliphatic heterocycles. The zero-order valence-corrected chi connectivity index (χ0v) is 17.0. The van der Waals surface area contributed by atoms with Crippen LogP contribution in [0.3, 0.4) is 0 Å². The van der Waals surface area contributed by atoms with E-state index in [0.717, 1.165) is 56.0 Å². The molecule has 2 aromatic rings. The molecule has 2 fully saturated rings. The second kappa shape index (κ2) is 9.32. The first-order chi connectivity index (χ1) is 14.2. The highest BCUT2D eigenvalue weighted by Gasteiger charge is 2.27. The Morgan fingerprint density at radius 2 is 1.97 bits per heavy atom. The average Bonchev–Trinajstić information content (AvgIpc) is 3.49. The van der Waals surface area contributed by atoms with Gasteiger partial charge in [-0.15, -0.1) is 10.2 Å². The SMILES string of the molecule is O=C(Nc1nnc([C@H]2CCCO2)s1)[C@H](Cc1ccccc1)NC(=O)N1CCCC1. The lowest BCUT2D eigenvalue weighted by Crippen LogP contribution is -2.49. The van der Waals surface area contributed by atoms with Crippen LogP contribution in [0.5, 0.6) is 0 Å². The smallest absolute Gasteiger partial charge is 0.318 e. The molecular weight excluding hydrogens is 390 g/mol. The molecule has 0 unspecified atom stereocenters. The number of rotatable bonds is 6. The van der Waals surface area contributed by atoms with E-state index >= 15 is 0 Å². The molecule has 0 bridgehead atoms. The van der Waals surface area contributed by atoms with E-state index in [1.165, 1.54) is 11.3 Å². The van der Waals surface area contributed by atoms with Crippen LogP contribution in [-0.4, -0.2) is 52.8 Å². The Kier molecular flexibility index (Phi) is 6.36. The Morgan fingerprint density at radius 1 is 1.17 bits per heavy atom. The molecule has 0 saturated carbocycles. The number of urea groups is 1. The van der Waals surface area contributed by atoms with Crippen LogP contribution in [0.2, 0.25) is 0 Å². The summed E-state index contributed by atoms with van der Waals surface area (Å²) in [6, 6.07) is 8.77. The van der Waals surface area contributed by atoms with Crippen molar-refractivity contribution in [2.24, 2.45) is 0 Å². The normalized spacial score (nSPS) is 19.9. The van der Waals surface area contributed by atoms with Gasteiger partial charge in [0.25, 0.3) is 0 Å². The van der Waals surface area contributed by atoms with Crippen LogP contribution < -0.4 is 10.6 Å². The highest BCUT2D eigenvalue weighted by molar-refractivity contribution is 7.15. The predicted molar refractivity (Wildman–Crippen MR) is 110 cm³/mol. The topological polar surface area (TPSA) is 96.5 Å². The van der Waals surface area contributed by atoms with Crippen molar-refractivity contribution < 1.29 is 14.3 Å². The molecule has 2 N–H and O–H groups in total. The van der Waals surface area contributed by atoms with E-state index in [1.807, 2.05) is 30.3 Å². The molecule has 2 atom stereocenters. The summed E-state index contributed by atoms with van der Waals surface area (Å²) in [5, 5.41) is 15.1. The fourth-order valence-corrected chi connectivity index (χ4v) is 4.43. The second-order valence-electron chi connectivity index (χ2n) is 7.32. The number of nitrogens with one attached hydrogen (secondary N) is 2. The molecule has 8 nitrogen and oxygen atoms in total. The largest absolute Gasteiger partial charge is 0.371 e. The van der Waals surface area contributed by atoms with Gasteiger partial charge in [0.05, 0.1) is 0 Å². The Hall–Kier alpha value is -2.52. The van der Waals surface area contributed by atoms with E-state index in [0.29, 0.717) is 11.6 Å². The number of hydrogen-bond donors (Lipinski definition) is 2. The van der Waals surface area contributed by atoms with Crippen LogP contribution >= 0.6 is 11.3 Å². The minimum atomic E-state index is -0.694. The van der Waals surface area contributed by atoms with Gasteiger partial charge < -0.3 is 15.0 Å². The number of amides is 3. The standard InChI is InChI=1S/C20H25N5O3S/c26-17(22-19-24-23-18(29-19)16-9-6-12-28-16)15(13-14-7-2-1-3-8-14)21-20(27)25-10-4-5-11-25/h1-3,7-8,15-16H,4-6,9-13H2,(H,21,27)(H,22,24,26)/t15-,16+/m0/s1. The van der Waals surface area contributed by atoms with Crippen molar-refractivity contribution >= 4 is 28.4 Å². The fraction of sp³-hybridized carbons (Fsp3) is 0.500. The first-order valence-electron chi connectivity index (χ1n) is 10.0. The minimum absolute atomic E-state index is 0.0341. The maximum absolute atomic E-state index is 13.0. The van der Waals surface area contributed by atoms with Gasteiger partial charge in [-0.05, 0) is 31.2 Å². The molecule has 1 aromatic carbocycles. The van der Waals surface area contributed by atoms with Gasteiger partial charge in [-0.1, -0.05) is 41.7 Å². The van der Waals surface area contributed by atoms with E-state index in [2.05, 4.69) is 20.8 Å². The summed E-state index contributed by atoms with van der Waals surface area (Å²) >= 11 is 1.32. The van der Waals surface area contributed by atoms with Gasteiger partial charge in [0.2, 0.25) is 11.0 Å². The lowest BCUT2D eigenvalue weighted by atomic mass is 10.1. The van der Waals surface area contributed by atoms with Crippen LogP contribution in [0.4, 0.5) is 9.93 Å². The van der Waals surface area contributed by atoms with Crippen molar-refractivity contribution in [3.05, 3.63) is 40.9 Å². The fourth-order valence-electron chi connectivity index (χ4n) is 3.60. The number of likely N-dealkylation sites (tertiary alicyclic amines) is 1. The van der Waals surface area contributed by atoms with Crippen molar-refractivity contribution in [1.29, 1.82) is 0 Å². The molecule has 0 spiro atoms. The molecule has 2 aliphatic rings. The van der Waals surface area contributed by atoms with Crippen molar-refractivity contribution in [1.82, 2.24) is 20.4 Å². The quantitative estimate of drug-likeness (QED) is 0.756. The molecule has 3 heterocycles. The number of nitrogens with zero attached hydrogens (tertiary/aromatic N) is 3. The number of carbonyl (C=O) groups is 2. The van der Waals surface area contributed by atoms with Gasteiger partial charge in [-0.25, -0.2) is 4.79 Å². The molecule has 0 radical (unpaired) electrons. The molecule has 3 amide bonds. The molecule has 9 heteroatoms. The van der Waals surface area contributed by atoms with Gasteiger partial charge >= 0.3 is 6.03 Å². The molecule has 1 aromatic heterocycles. The van der Waals surface area contributed by atoms with E-state index < -0.39 is 6.04 Å². The van der Waals surface area contributed by atoms with Gasteiger partial charge in [0.1, 0.15) is 17.2 Å². The maximum Gasteiger partial charge on any atom is 0.318 e. The third kappa shape index (κ3) is 5.10. The van der Waals surface area contributed by atoms with Crippen molar-refractivity contribution in [3.8, 4) is 0 Å². The molecule has 0 aliphatic carbocycles. The summed E-state index contributed by atoms with van der Waals surface area (Å²) in [5.41, 5.74) is 0.978. The molecule has 2 saturated heterocycles. The number of anilines is 1. The van der Waals surface area contributed by atoms with Gasteiger partial charge in [-0.3, -0.25) is 10.1 Å². The first kappa shape index (κ1) is 19.8. The van der Waals surface area contributed by atoms with Crippen LogP contribution in [-0.2, 0) is 16.0 Å². The van der Waals surface area contributed by atoms with E-state index in [9.17, 15) is 9.59 Å². The zero-order chi connectivity index (χ0) is 20.1. The number of benzene rings is 1. The highest BCUT2D eigenvalue weighted by Crippen LogP contribution is 2.31. The van der Waals surface area contributed by atoms with Crippen LogP contribution in [0, 0.1) is 0 Å². The summed E-state index contributed by atoms with van der Waals surface area (Å²) in [6.07, 6.45) is 4.30. The van der Waals surface area contributed by atoms with Gasteiger partial charge in [0.15, 0.2) is 0 Å². The van der Waals surface area contributed by atoms with Crippen molar-refractivity contribution in [2.45, 2.75) is 44.2 Å². The molecule has 4 rings (SSSR count).